The summed E-state index contributed by atoms with van der Waals surface area (Å²) in [5.74, 6) is 1.08. The third-order valence-electron chi connectivity index (χ3n) is 1.47. The summed E-state index contributed by atoms with van der Waals surface area (Å²) in [5, 5.41) is 0.804. The summed E-state index contributed by atoms with van der Waals surface area (Å²) in [4.78, 5) is 1.28. The lowest BCUT2D eigenvalue weighted by Crippen LogP contribution is -1.78. The molecule has 0 amide bonds. The molecule has 0 bridgehead atoms. The molecule has 0 aliphatic heterocycles. The van der Waals surface area contributed by atoms with Crippen molar-refractivity contribution in [2.24, 2.45) is 0 Å². The van der Waals surface area contributed by atoms with Crippen LogP contribution in [0.1, 0.15) is 13.3 Å². The van der Waals surface area contributed by atoms with Crippen LogP contribution in [0.5, 0.6) is 0 Å². The second kappa shape index (κ2) is 5.50. The van der Waals surface area contributed by atoms with E-state index in [1.54, 1.807) is 0 Å². The fourth-order valence-electron chi connectivity index (χ4n) is 0.804. The highest BCUT2D eigenvalue weighted by molar-refractivity contribution is 7.99. The zero-order chi connectivity index (χ0) is 8.81. The van der Waals surface area contributed by atoms with Gasteiger partial charge in [-0.1, -0.05) is 24.9 Å². The maximum atomic E-state index is 5.76. The topological polar surface area (TPSA) is 0 Å². The molecule has 1 rings (SSSR count). The number of benzene rings is 1. The van der Waals surface area contributed by atoms with Gasteiger partial charge in [-0.05, 0) is 30.7 Å². The van der Waals surface area contributed by atoms with Crippen molar-refractivity contribution in [2.75, 3.05) is 5.75 Å². The molecule has 0 aromatic heterocycles. The third-order valence-corrected chi connectivity index (χ3v) is 2.73. The van der Waals surface area contributed by atoms with Gasteiger partial charge in [0.15, 0.2) is 0 Å². The van der Waals surface area contributed by atoms with Gasteiger partial charge in [-0.25, -0.2) is 0 Å². The Labute approximate surface area is 83.3 Å². The van der Waals surface area contributed by atoms with Gasteiger partial charge in [0.1, 0.15) is 0 Å². The predicted molar refractivity (Wildman–Crippen MR) is 56.8 cm³/mol. The standard InChI is InChI=1S/C10H12ClS/c1-2-3-8-12-10-6-4-9(11)5-7-10/h3-7H,2,8H2,1H3. The van der Waals surface area contributed by atoms with Gasteiger partial charge in [-0.3, -0.25) is 0 Å². The molecule has 12 heavy (non-hydrogen) atoms. The first-order valence-corrected chi connectivity index (χ1v) is 5.39. The van der Waals surface area contributed by atoms with Gasteiger partial charge in [-0.2, -0.15) is 0 Å². The summed E-state index contributed by atoms with van der Waals surface area (Å²) < 4.78 is 0. The van der Waals surface area contributed by atoms with E-state index in [1.165, 1.54) is 4.90 Å². The molecule has 0 nitrogen and oxygen atoms in total. The van der Waals surface area contributed by atoms with Crippen LogP contribution in [0, 0.1) is 6.42 Å². The Kier molecular flexibility index (Phi) is 4.55. The highest BCUT2D eigenvalue weighted by Gasteiger charge is 1.92. The lowest BCUT2D eigenvalue weighted by atomic mass is 10.4. The van der Waals surface area contributed by atoms with Crippen LogP contribution < -0.4 is 0 Å². The first kappa shape index (κ1) is 9.94. The van der Waals surface area contributed by atoms with Crippen molar-refractivity contribution >= 4 is 23.4 Å². The number of unbranched alkanes of at least 4 members (excludes halogenated alkanes) is 1. The second-order valence-electron chi connectivity index (χ2n) is 2.46. The third kappa shape index (κ3) is 3.51. The highest BCUT2D eigenvalue weighted by Crippen LogP contribution is 2.20. The minimum absolute atomic E-state index is 0.804. The monoisotopic (exact) mass is 199 g/mol. The van der Waals surface area contributed by atoms with Gasteiger partial charge < -0.3 is 0 Å². The van der Waals surface area contributed by atoms with Gasteiger partial charge >= 0.3 is 0 Å². The summed E-state index contributed by atoms with van der Waals surface area (Å²) in [6.07, 6.45) is 3.40. The van der Waals surface area contributed by atoms with Crippen LogP contribution in [0.2, 0.25) is 5.02 Å². The minimum Gasteiger partial charge on any atom is -0.126 e. The molecule has 0 heterocycles. The van der Waals surface area contributed by atoms with Gasteiger partial charge in [0.25, 0.3) is 0 Å². The Bertz CT molecular complexity index is 218. The number of hydrogen-bond donors (Lipinski definition) is 0. The van der Waals surface area contributed by atoms with E-state index in [0.29, 0.717) is 0 Å². The van der Waals surface area contributed by atoms with E-state index in [9.17, 15) is 0 Å². The van der Waals surface area contributed by atoms with Gasteiger partial charge in [-0.15, -0.1) is 11.8 Å². The van der Waals surface area contributed by atoms with Crippen molar-refractivity contribution in [3.05, 3.63) is 35.7 Å². The molecule has 0 atom stereocenters. The first-order chi connectivity index (χ1) is 5.83. The molecular formula is C10H12ClS. The van der Waals surface area contributed by atoms with E-state index < -0.39 is 0 Å². The first-order valence-electron chi connectivity index (χ1n) is 4.03. The molecule has 1 radical (unpaired) electrons. The van der Waals surface area contributed by atoms with Crippen LogP contribution in [0.25, 0.3) is 0 Å². The number of rotatable bonds is 4. The fraction of sp³-hybridized carbons (Fsp3) is 0.300. The molecule has 0 fully saturated rings. The van der Waals surface area contributed by atoms with Gasteiger partial charge in [0.2, 0.25) is 0 Å². The lowest BCUT2D eigenvalue weighted by molar-refractivity contribution is 1.10. The van der Waals surface area contributed by atoms with Crippen molar-refractivity contribution in [3.63, 3.8) is 0 Å². The van der Waals surface area contributed by atoms with Gasteiger partial charge in [0, 0.05) is 15.7 Å². The lowest BCUT2D eigenvalue weighted by Gasteiger charge is -1.99. The Hall–Kier alpha value is -0.140. The molecule has 0 saturated carbocycles. The molecule has 2 heteroatoms. The molecule has 1 aromatic carbocycles. The Morgan fingerprint density at radius 2 is 2.00 bits per heavy atom. The van der Waals surface area contributed by atoms with Crippen LogP contribution in [0.3, 0.4) is 0 Å². The smallest absolute Gasteiger partial charge is 0.0406 e. The normalized spacial score (nSPS) is 10.2. The van der Waals surface area contributed by atoms with E-state index in [-0.39, 0.29) is 0 Å². The molecule has 0 N–H and O–H groups in total. The zero-order valence-electron chi connectivity index (χ0n) is 7.09. The minimum atomic E-state index is 0.804. The van der Waals surface area contributed by atoms with Crippen LogP contribution in [0.15, 0.2) is 29.2 Å². The molecule has 0 unspecified atom stereocenters. The van der Waals surface area contributed by atoms with E-state index in [2.05, 4.69) is 25.5 Å². The van der Waals surface area contributed by atoms with Crippen LogP contribution in [-0.4, -0.2) is 5.75 Å². The van der Waals surface area contributed by atoms with E-state index >= 15 is 0 Å². The SMILES string of the molecule is CC[CH]CSc1ccc(Cl)cc1. The van der Waals surface area contributed by atoms with Crippen molar-refractivity contribution in [2.45, 2.75) is 18.2 Å². The molecule has 1 aromatic rings. The summed E-state index contributed by atoms with van der Waals surface area (Å²) in [5.41, 5.74) is 0. The van der Waals surface area contributed by atoms with Gasteiger partial charge in [0.05, 0.1) is 0 Å². The van der Waals surface area contributed by atoms with Crippen molar-refractivity contribution in [1.82, 2.24) is 0 Å². The average molecular weight is 200 g/mol. The van der Waals surface area contributed by atoms with Crippen LogP contribution in [-0.2, 0) is 0 Å². The molecule has 65 valence electrons. The number of halogens is 1. The quantitative estimate of drug-likeness (QED) is 0.521. The maximum absolute atomic E-state index is 5.76. The Morgan fingerprint density at radius 1 is 1.33 bits per heavy atom. The highest BCUT2D eigenvalue weighted by atomic mass is 35.5. The summed E-state index contributed by atoms with van der Waals surface area (Å²) >= 11 is 7.60. The van der Waals surface area contributed by atoms with Crippen molar-refractivity contribution in [3.8, 4) is 0 Å². The maximum Gasteiger partial charge on any atom is 0.0406 e. The average Bonchev–Trinajstić information content (AvgIpc) is 2.09. The molecular weight excluding hydrogens is 188 g/mol. The molecule has 0 spiro atoms. The summed E-state index contributed by atoms with van der Waals surface area (Å²) in [6.45, 7) is 2.16. The van der Waals surface area contributed by atoms with Crippen molar-refractivity contribution < 1.29 is 0 Å². The van der Waals surface area contributed by atoms with E-state index in [4.69, 9.17) is 11.6 Å². The number of hydrogen-bond acceptors (Lipinski definition) is 1. The molecule has 0 aliphatic carbocycles. The number of thioether (sulfide) groups is 1. The van der Waals surface area contributed by atoms with Crippen molar-refractivity contribution in [1.29, 1.82) is 0 Å². The predicted octanol–water partition coefficient (Wildman–Crippen LogP) is 4.05. The zero-order valence-corrected chi connectivity index (χ0v) is 8.66. The van der Waals surface area contributed by atoms with E-state index in [0.717, 1.165) is 17.2 Å². The fourth-order valence-corrected chi connectivity index (χ4v) is 1.80. The summed E-state index contributed by atoms with van der Waals surface area (Å²) in [6, 6.07) is 7.96. The van der Waals surface area contributed by atoms with Crippen LogP contribution in [0.4, 0.5) is 0 Å². The molecule has 0 aliphatic rings. The largest absolute Gasteiger partial charge is 0.126 e. The molecule has 0 saturated heterocycles. The second-order valence-corrected chi connectivity index (χ2v) is 3.99. The summed E-state index contributed by atoms with van der Waals surface area (Å²) in [7, 11) is 0. The van der Waals surface area contributed by atoms with E-state index in [1.807, 2.05) is 23.9 Å². The van der Waals surface area contributed by atoms with Crippen LogP contribution >= 0.6 is 23.4 Å². The Balaban J connectivity index is 2.37. The Morgan fingerprint density at radius 3 is 2.58 bits per heavy atom.